The largest absolute Gasteiger partial charge is 0.327 e. The molecule has 12 heavy (non-hydrogen) atoms. The van der Waals surface area contributed by atoms with Gasteiger partial charge in [-0.05, 0) is 19.9 Å². The lowest BCUT2D eigenvalue weighted by atomic mass is 10.1. The van der Waals surface area contributed by atoms with Crippen LogP contribution in [0.3, 0.4) is 0 Å². The minimum Gasteiger partial charge on any atom is -0.327 e. The van der Waals surface area contributed by atoms with Crippen molar-refractivity contribution in [1.29, 1.82) is 0 Å². The molecule has 0 saturated carbocycles. The molecule has 0 radical (unpaired) electrons. The average molecular weight is 170 g/mol. The zero-order chi connectivity index (χ0) is 9.56. The minimum atomic E-state index is 0.632. The normalized spacial score (nSPS) is 14.9. The van der Waals surface area contributed by atoms with E-state index in [1.54, 1.807) is 0 Å². The number of nitrogens with two attached hydrogens (primary N) is 1. The lowest BCUT2D eigenvalue weighted by Crippen LogP contribution is -2.33. The van der Waals surface area contributed by atoms with Crippen LogP contribution >= 0.6 is 0 Å². The highest BCUT2D eigenvalue weighted by Gasteiger charge is 2.10. The molecule has 1 atom stereocenters. The molecule has 0 bridgehead atoms. The molecule has 1 unspecified atom stereocenters. The fourth-order valence-electron chi connectivity index (χ4n) is 1.01. The molecule has 0 heterocycles. The SMILES string of the molecule is CC(C)C(C)N(C)CC=CCN. The van der Waals surface area contributed by atoms with Gasteiger partial charge >= 0.3 is 0 Å². The van der Waals surface area contributed by atoms with E-state index in [4.69, 9.17) is 5.73 Å². The summed E-state index contributed by atoms with van der Waals surface area (Å²) in [6.45, 7) is 8.38. The molecule has 0 fully saturated rings. The number of hydrogen-bond donors (Lipinski definition) is 1. The molecular weight excluding hydrogens is 148 g/mol. The van der Waals surface area contributed by atoms with Crippen LogP contribution in [-0.2, 0) is 0 Å². The molecule has 0 aromatic carbocycles. The third-order valence-corrected chi connectivity index (χ3v) is 2.36. The monoisotopic (exact) mass is 170 g/mol. The summed E-state index contributed by atoms with van der Waals surface area (Å²) in [6, 6.07) is 0.632. The summed E-state index contributed by atoms with van der Waals surface area (Å²) >= 11 is 0. The van der Waals surface area contributed by atoms with Gasteiger partial charge in [-0.15, -0.1) is 0 Å². The van der Waals surface area contributed by atoms with Gasteiger partial charge in [-0.1, -0.05) is 26.0 Å². The summed E-state index contributed by atoms with van der Waals surface area (Å²) in [5, 5.41) is 0. The third-order valence-electron chi connectivity index (χ3n) is 2.36. The van der Waals surface area contributed by atoms with Gasteiger partial charge in [0, 0.05) is 19.1 Å². The Morgan fingerprint density at radius 1 is 1.25 bits per heavy atom. The van der Waals surface area contributed by atoms with Gasteiger partial charge in [0.05, 0.1) is 0 Å². The maximum Gasteiger partial charge on any atom is 0.0163 e. The molecule has 0 rings (SSSR count). The van der Waals surface area contributed by atoms with E-state index in [-0.39, 0.29) is 0 Å². The first-order valence-electron chi connectivity index (χ1n) is 4.65. The van der Waals surface area contributed by atoms with Crippen LogP contribution in [0.1, 0.15) is 20.8 Å². The van der Waals surface area contributed by atoms with E-state index in [0.717, 1.165) is 6.54 Å². The minimum absolute atomic E-state index is 0.632. The highest BCUT2D eigenvalue weighted by molar-refractivity contribution is 4.86. The third kappa shape index (κ3) is 4.52. The Balaban J connectivity index is 3.71. The summed E-state index contributed by atoms with van der Waals surface area (Å²) in [5.41, 5.74) is 5.35. The van der Waals surface area contributed by atoms with E-state index >= 15 is 0 Å². The summed E-state index contributed by atoms with van der Waals surface area (Å²) < 4.78 is 0. The Bertz CT molecular complexity index is 130. The van der Waals surface area contributed by atoms with E-state index in [2.05, 4.69) is 38.8 Å². The molecule has 0 amide bonds. The maximum absolute atomic E-state index is 5.35. The zero-order valence-electron chi connectivity index (χ0n) is 8.75. The highest BCUT2D eigenvalue weighted by Crippen LogP contribution is 2.07. The molecule has 2 heteroatoms. The lowest BCUT2D eigenvalue weighted by molar-refractivity contribution is 0.228. The predicted molar refractivity (Wildman–Crippen MR) is 55.1 cm³/mol. The fourth-order valence-corrected chi connectivity index (χ4v) is 1.01. The van der Waals surface area contributed by atoms with Crippen molar-refractivity contribution in [2.24, 2.45) is 11.7 Å². The van der Waals surface area contributed by atoms with Gasteiger partial charge in [0.25, 0.3) is 0 Å². The van der Waals surface area contributed by atoms with Crippen LogP contribution in [0.5, 0.6) is 0 Å². The smallest absolute Gasteiger partial charge is 0.0163 e. The number of rotatable bonds is 5. The first-order valence-corrected chi connectivity index (χ1v) is 4.65. The maximum atomic E-state index is 5.35. The van der Waals surface area contributed by atoms with Crippen LogP contribution in [0.2, 0.25) is 0 Å². The Kier molecular flexibility index (Phi) is 6.03. The van der Waals surface area contributed by atoms with Crippen molar-refractivity contribution >= 4 is 0 Å². The highest BCUT2D eigenvalue weighted by atomic mass is 15.1. The number of likely N-dealkylation sites (N-methyl/N-ethyl adjacent to an activating group) is 1. The molecule has 0 aliphatic carbocycles. The van der Waals surface area contributed by atoms with Crippen molar-refractivity contribution in [3.05, 3.63) is 12.2 Å². The van der Waals surface area contributed by atoms with Gasteiger partial charge in [0.2, 0.25) is 0 Å². The van der Waals surface area contributed by atoms with Crippen molar-refractivity contribution in [2.75, 3.05) is 20.1 Å². The molecule has 2 nitrogen and oxygen atoms in total. The second-order valence-corrected chi connectivity index (χ2v) is 3.63. The van der Waals surface area contributed by atoms with Crippen LogP contribution < -0.4 is 5.73 Å². The van der Waals surface area contributed by atoms with Crippen LogP contribution in [0, 0.1) is 5.92 Å². The molecule has 0 aliphatic rings. The quantitative estimate of drug-likeness (QED) is 0.633. The molecule has 0 saturated heterocycles. The molecule has 72 valence electrons. The van der Waals surface area contributed by atoms with E-state index in [1.807, 2.05) is 6.08 Å². The van der Waals surface area contributed by atoms with Crippen molar-refractivity contribution in [1.82, 2.24) is 4.90 Å². The van der Waals surface area contributed by atoms with E-state index in [0.29, 0.717) is 18.5 Å². The van der Waals surface area contributed by atoms with E-state index < -0.39 is 0 Å². The topological polar surface area (TPSA) is 29.3 Å². The number of nitrogens with zero attached hydrogens (tertiary/aromatic N) is 1. The van der Waals surface area contributed by atoms with Crippen molar-refractivity contribution < 1.29 is 0 Å². The Hall–Kier alpha value is -0.340. The summed E-state index contributed by atoms with van der Waals surface area (Å²) in [5.74, 6) is 0.710. The first kappa shape index (κ1) is 11.7. The lowest BCUT2D eigenvalue weighted by Gasteiger charge is -2.26. The van der Waals surface area contributed by atoms with Gasteiger partial charge in [-0.25, -0.2) is 0 Å². The second kappa shape index (κ2) is 6.21. The van der Waals surface area contributed by atoms with Crippen LogP contribution in [0.4, 0.5) is 0 Å². The van der Waals surface area contributed by atoms with Crippen molar-refractivity contribution in [2.45, 2.75) is 26.8 Å². The standard InChI is InChI=1S/C10H22N2/c1-9(2)10(3)12(4)8-6-5-7-11/h5-6,9-10H,7-8,11H2,1-4H3. The Labute approximate surface area is 76.4 Å². The zero-order valence-corrected chi connectivity index (χ0v) is 8.75. The Morgan fingerprint density at radius 2 is 1.83 bits per heavy atom. The molecule has 0 aromatic rings. The molecule has 0 spiro atoms. The molecular formula is C10H22N2. The molecule has 2 N–H and O–H groups in total. The van der Waals surface area contributed by atoms with Gasteiger partial charge < -0.3 is 5.73 Å². The van der Waals surface area contributed by atoms with E-state index in [1.165, 1.54) is 0 Å². The van der Waals surface area contributed by atoms with Crippen LogP contribution in [0.15, 0.2) is 12.2 Å². The number of hydrogen-bond acceptors (Lipinski definition) is 2. The first-order chi connectivity index (χ1) is 5.59. The van der Waals surface area contributed by atoms with E-state index in [9.17, 15) is 0 Å². The molecule has 0 aromatic heterocycles. The van der Waals surface area contributed by atoms with Crippen molar-refractivity contribution in [3.8, 4) is 0 Å². The summed E-state index contributed by atoms with van der Waals surface area (Å²) in [4.78, 5) is 2.33. The van der Waals surface area contributed by atoms with Gasteiger partial charge in [0.15, 0.2) is 0 Å². The Morgan fingerprint density at radius 3 is 2.25 bits per heavy atom. The van der Waals surface area contributed by atoms with Gasteiger partial charge in [-0.3, -0.25) is 4.90 Å². The average Bonchev–Trinajstić information content (AvgIpc) is 2.03. The summed E-state index contributed by atoms with van der Waals surface area (Å²) in [7, 11) is 2.14. The van der Waals surface area contributed by atoms with Crippen molar-refractivity contribution in [3.63, 3.8) is 0 Å². The van der Waals surface area contributed by atoms with Crippen LogP contribution in [-0.4, -0.2) is 31.1 Å². The van der Waals surface area contributed by atoms with Gasteiger partial charge in [0.1, 0.15) is 0 Å². The second-order valence-electron chi connectivity index (χ2n) is 3.63. The molecule has 0 aliphatic heterocycles. The predicted octanol–water partition coefficient (Wildman–Crippen LogP) is 1.48. The summed E-state index contributed by atoms with van der Waals surface area (Å²) in [6.07, 6.45) is 4.13. The fraction of sp³-hybridized carbons (Fsp3) is 0.800. The van der Waals surface area contributed by atoms with Gasteiger partial charge in [-0.2, -0.15) is 0 Å². The van der Waals surface area contributed by atoms with Crippen LogP contribution in [0.25, 0.3) is 0 Å².